The summed E-state index contributed by atoms with van der Waals surface area (Å²) in [7, 11) is 0. The monoisotopic (exact) mass is 368 g/mol. The highest BCUT2D eigenvalue weighted by molar-refractivity contribution is 7.19. The van der Waals surface area contributed by atoms with Gasteiger partial charge in [0.15, 0.2) is 0 Å². The first-order valence-electron chi connectivity index (χ1n) is 9.16. The number of ether oxygens (including phenoxy) is 1. The molecule has 5 heteroatoms. The van der Waals surface area contributed by atoms with Gasteiger partial charge in [0, 0.05) is 24.6 Å². The molecule has 0 radical (unpaired) electrons. The number of nitrogens with zero attached hydrogens (tertiary/aromatic N) is 1. The summed E-state index contributed by atoms with van der Waals surface area (Å²) in [5.74, 6) is -0.0184. The average molecular weight is 369 g/mol. The van der Waals surface area contributed by atoms with Gasteiger partial charge in [0.05, 0.1) is 16.3 Å². The van der Waals surface area contributed by atoms with Crippen LogP contribution in [-0.4, -0.2) is 29.7 Å². The number of hydrogen-bond donors (Lipinski definition) is 1. The van der Waals surface area contributed by atoms with Gasteiger partial charge in [-0.2, -0.15) is 0 Å². The van der Waals surface area contributed by atoms with E-state index in [0.29, 0.717) is 13.1 Å². The fourth-order valence-corrected chi connectivity index (χ4v) is 4.55. The van der Waals surface area contributed by atoms with Crippen LogP contribution in [0.4, 0.5) is 0 Å². The molecule has 1 aliphatic rings. The van der Waals surface area contributed by atoms with Gasteiger partial charge < -0.3 is 14.6 Å². The molecule has 3 heterocycles. The van der Waals surface area contributed by atoms with Crippen molar-refractivity contribution in [3.63, 3.8) is 0 Å². The molecule has 0 aliphatic carbocycles. The van der Waals surface area contributed by atoms with Crippen molar-refractivity contribution < 1.29 is 9.53 Å². The summed E-state index contributed by atoms with van der Waals surface area (Å²) in [6.07, 6.45) is 2.26. The zero-order chi connectivity index (χ0) is 18.1. The molecule has 0 spiro atoms. The minimum absolute atomic E-state index is 0.0184. The van der Waals surface area contributed by atoms with Gasteiger partial charge in [0.25, 0.3) is 5.91 Å². The van der Waals surface area contributed by atoms with Crippen LogP contribution in [0.3, 0.4) is 0 Å². The minimum Gasteiger partial charge on any atom is -0.376 e. The lowest BCUT2D eigenvalue weighted by atomic mass is 10.1. The molecule has 1 atom stereocenters. The van der Waals surface area contributed by atoms with Crippen LogP contribution in [0.2, 0.25) is 0 Å². The van der Waals surface area contributed by atoms with E-state index in [9.17, 15) is 4.79 Å². The normalized spacial score (nSPS) is 17.1. The molecule has 4 nitrogen and oxygen atoms in total. The van der Waals surface area contributed by atoms with E-state index in [2.05, 4.69) is 48.0 Å². The Balaban J connectivity index is 1.64. The number of amides is 1. The molecule has 2 aromatic heterocycles. The molecule has 1 aromatic carbocycles. The molecule has 1 N–H and O–H groups in total. The zero-order valence-corrected chi connectivity index (χ0v) is 16.1. The van der Waals surface area contributed by atoms with Crippen molar-refractivity contribution in [3.05, 3.63) is 58.1 Å². The maximum Gasteiger partial charge on any atom is 0.268 e. The summed E-state index contributed by atoms with van der Waals surface area (Å²) in [4.78, 5) is 14.1. The third kappa shape index (κ3) is 3.41. The Hall–Kier alpha value is -2.11. The molecule has 136 valence electrons. The summed E-state index contributed by atoms with van der Waals surface area (Å²) in [6, 6.07) is 12.6. The van der Waals surface area contributed by atoms with Gasteiger partial charge in [-0.15, -0.1) is 11.3 Å². The summed E-state index contributed by atoms with van der Waals surface area (Å²) in [5.41, 5.74) is 4.35. The second kappa shape index (κ2) is 7.25. The maximum atomic E-state index is 12.9. The predicted octanol–water partition coefficient (Wildman–Crippen LogP) is 4.28. The topological polar surface area (TPSA) is 43.3 Å². The maximum absolute atomic E-state index is 12.9. The van der Waals surface area contributed by atoms with Crippen molar-refractivity contribution in [2.75, 3.05) is 13.2 Å². The molecular formula is C21H24N2O2S. The summed E-state index contributed by atoms with van der Waals surface area (Å²) < 4.78 is 8.93. The highest BCUT2D eigenvalue weighted by Crippen LogP contribution is 2.30. The Morgan fingerprint density at radius 2 is 2.15 bits per heavy atom. The molecule has 1 fully saturated rings. The van der Waals surface area contributed by atoms with Gasteiger partial charge in [-0.25, -0.2) is 0 Å². The first kappa shape index (κ1) is 17.3. The number of benzene rings is 1. The Bertz CT molecular complexity index is 935. The van der Waals surface area contributed by atoms with Crippen molar-refractivity contribution in [2.24, 2.45) is 0 Å². The Kier molecular flexibility index (Phi) is 4.83. The van der Waals surface area contributed by atoms with Crippen molar-refractivity contribution in [1.29, 1.82) is 0 Å². The SMILES string of the molecule is Cc1cc2c(cc(C(=O)NCC3CCCO3)n2Cc2ccccc2C)s1. The van der Waals surface area contributed by atoms with Crippen molar-refractivity contribution in [1.82, 2.24) is 9.88 Å². The van der Waals surface area contributed by atoms with Crippen LogP contribution in [0.5, 0.6) is 0 Å². The molecule has 1 saturated heterocycles. The smallest absolute Gasteiger partial charge is 0.268 e. The fraction of sp³-hybridized carbons (Fsp3) is 0.381. The number of fused-ring (bicyclic) bond motifs is 1. The van der Waals surface area contributed by atoms with E-state index in [1.165, 1.54) is 20.7 Å². The highest BCUT2D eigenvalue weighted by Gasteiger charge is 2.20. The summed E-state index contributed by atoms with van der Waals surface area (Å²) >= 11 is 1.74. The predicted molar refractivity (Wildman–Crippen MR) is 106 cm³/mol. The van der Waals surface area contributed by atoms with Crippen molar-refractivity contribution in [2.45, 2.75) is 39.3 Å². The number of carbonyl (C=O) groups is 1. The average Bonchev–Trinajstić information content (AvgIpc) is 3.32. The Morgan fingerprint density at radius 1 is 1.31 bits per heavy atom. The lowest BCUT2D eigenvalue weighted by Gasteiger charge is -2.14. The molecule has 1 aliphatic heterocycles. The Morgan fingerprint density at radius 3 is 2.92 bits per heavy atom. The van der Waals surface area contributed by atoms with E-state index in [1.807, 2.05) is 12.1 Å². The fourth-order valence-electron chi connectivity index (χ4n) is 3.58. The van der Waals surface area contributed by atoms with Crippen LogP contribution in [-0.2, 0) is 11.3 Å². The summed E-state index contributed by atoms with van der Waals surface area (Å²) in [6.45, 7) is 6.32. The molecule has 4 rings (SSSR count). The largest absolute Gasteiger partial charge is 0.376 e. The number of aromatic nitrogens is 1. The molecule has 0 bridgehead atoms. The second-order valence-electron chi connectivity index (χ2n) is 6.99. The van der Waals surface area contributed by atoms with Crippen molar-refractivity contribution >= 4 is 27.5 Å². The van der Waals surface area contributed by atoms with Gasteiger partial charge in [-0.05, 0) is 49.9 Å². The lowest BCUT2D eigenvalue weighted by molar-refractivity contribution is 0.0851. The Labute approximate surface area is 157 Å². The van der Waals surface area contributed by atoms with Gasteiger partial charge in [0.1, 0.15) is 5.69 Å². The van der Waals surface area contributed by atoms with E-state index in [0.717, 1.165) is 30.7 Å². The van der Waals surface area contributed by atoms with Crippen molar-refractivity contribution in [3.8, 4) is 0 Å². The van der Waals surface area contributed by atoms with E-state index in [-0.39, 0.29) is 12.0 Å². The number of aryl methyl sites for hydroxylation is 2. The van der Waals surface area contributed by atoms with Gasteiger partial charge in [0.2, 0.25) is 0 Å². The number of carbonyl (C=O) groups excluding carboxylic acids is 1. The number of hydrogen-bond acceptors (Lipinski definition) is 3. The van der Waals surface area contributed by atoms with Crippen LogP contribution in [0.25, 0.3) is 10.2 Å². The van der Waals surface area contributed by atoms with Crippen LogP contribution < -0.4 is 5.32 Å². The van der Waals surface area contributed by atoms with Gasteiger partial charge >= 0.3 is 0 Å². The molecule has 3 aromatic rings. The first-order valence-corrected chi connectivity index (χ1v) is 9.97. The standard InChI is InChI=1S/C21H24N2O2S/c1-14-6-3-4-7-16(14)13-23-18-10-15(2)26-20(18)11-19(23)21(24)22-12-17-8-5-9-25-17/h3-4,6-7,10-11,17H,5,8-9,12-13H2,1-2H3,(H,22,24). The quantitative estimate of drug-likeness (QED) is 0.731. The lowest BCUT2D eigenvalue weighted by Crippen LogP contribution is -2.33. The third-order valence-corrected chi connectivity index (χ3v) is 6.04. The number of rotatable bonds is 5. The van der Waals surface area contributed by atoms with E-state index in [1.54, 1.807) is 11.3 Å². The second-order valence-corrected chi connectivity index (χ2v) is 8.28. The third-order valence-electron chi connectivity index (χ3n) is 5.05. The molecule has 1 amide bonds. The number of nitrogens with one attached hydrogen (secondary N) is 1. The molecule has 0 saturated carbocycles. The van der Waals surface area contributed by atoms with E-state index in [4.69, 9.17) is 4.74 Å². The summed E-state index contributed by atoms with van der Waals surface area (Å²) in [5, 5.41) is 3.07. The van der Waals surface area contributed by atoms with Gasteiger partial charge in [-0.1, -0.05) is 24.3 Å². The molecule has 26 heavy (non-hydrogen) atoms. The van der Waals surface area contributed by atoms with Crippen LogP contribution >= 0.6 is 11.3 Å². The van der Waals surface area contributed by atoms with Crippen LogP contribution in [0.1, 0.15) is 39.3 Å². The number of thiophene rings is 1. The molecular weight excluding hydrogens is 344 g/mol. The van der Waals surface area contributed by atoms with Gasteiger partial charge in [-0.3, -0.25) is 4.79 Å². The van der Waals surface area contributed by atoms with E-state index >= 15 is 0 Å². The zero-order valence-electron chi connectivity index (χ0n) is 15.2. The highest BCUT2D eigenvalue weighted by atomic mass is 32.1. The molecule has 1 unspecified atom stereocenters. The van der Waals surface area contributed by atoms with E-state index < -0.39 is 0 Å². The van der Waals surface area contributed by atoms with Crippen LogP contribution in [0, 0.1) is 13.8 Å². The van der Waals surface area contributed by atoms with Crippen LogP contribution in [0.15, 0.2) is 36.4 Å². The first-order chi connectivity index (χ1) is 12.6. The minimum atomic E-state index is -0.0184.